The molecule has 1 amide bonds. The Labute approximate surface area is 138 Å². The summed E-state index contributed by atoms with van der Waals surface area (Å²) >= 11 is 1.46. The van der Waals surface area contributed by atoms with E-state index >= 15 is 0 Å². The zero-order valence-electron chi connectivity index (χ0n) is 12.6. The summed E-state index contributed by atoms with van der Waals surface area (Å²) in [6.45, 7) is 2.06. The van der Waals surface area contributed by atoms with Gasteiger partial charge in [-0.3, -0.25) is 15.1 Å². The highest BCUT2D eigenvalue weighted by Crippen LogP contribution is 2.30. The van der Waals surface area contributed by atoms with E-state index in [1.165, 1.54) is 23.0 Å². The fourth-order valence-electron chi connectivity index (χ4n) is 2.10. The molecule has 3 aromatic rings. The van der Waals surface area contributed by atoms with Gasteiger partial charge in [-0.15, -0.1) is 0 Å². The van der Waals surface area contributed by atoms with Gasteiger partial charge in [-0.05, 0) is 41.8 Å². The van der Waals surface area contributed by atoms with Crippen LogP contribution in [0.3, 0.4) is 0 Å². The van der Waals surface area contributed by atoms with Crippen LogP contribution in [0.5, 0.6) is 0 Å². The van der Waals surface area contributed by atoms with Gasteiger partial charge in [0, 0.05) is 24.7 Å². The van der Waals surface area contributed by atoms with Gasteiger partial charge >= 0.3 is 0 Å². The summed E-state index contributed by atoms with van der Waals surface area (Å²) in [6, 6.07) is 11.8. The normalized spacial score (nSPS) is 10.8. The summed E-state index contributed by atoms with van der Waals surface area (Å²) < 4.78 is 0. The molecule has 1 aromatic carbocycles. The van der Waals surface area contributed by atoms with Crippen LogP contribution < -0.4 is 5.32 Å². The summed E-state index contributed by atoms with van der Waals surface area (Å²) in [5.41, 5.74) is 3.25. The number of pyridine rings is 1. The molecular formula is C18H15N3OS. The van der Waals surface area contributed by atoms with E-state index < -0.39 is 0 Å². The van der Waals surface area contributed by atoms with E-state index in [2.05, 4.69) is 34.3 Å². The number of benzene rings is 1. The molecule has 0 aliphatic heterocycles. The summed E-state index contributed by atoms with van der Waals surface area (Å²) in [6.07, 6.45) is 8.39. The monoisotopic (exact) mass is 321 g/mol. The van der Waals surface area contributed by atoms with Gasteiger partial charge in [-0.1, -0.05) is 35.6 Å². The molecule has 0 bridgehead atoms. The number of carbonyl (C=O) groups is 1. The SMILES string of the molecule is Cc1ccccc1-c1cnc(NC(=O)/C=C/c2ccncc2)s1. The Bertz CT molecular complexity index is 840. The number of amides is 1. The fraction of sp³-hybridized carbons (Fsp3) is 0.0556. The molecule has 0 aliphatic carbocycles. The Kier molecular flexibility index (Phi) is 4.59. The molecule has 0 radical (unpaired) electrons. The molecule has 2 aromatic heterocycles. The van der Waals surface area contributed by atoms with Gasteiger partial charge in [-0.2, -0.15) is 0 Å². The lowest BCUT2D eigenvalue weighted by molar-refractivity contribution is -0.111. The van der Waals surface area contributed by atoms with Crippen LogP contribution in [0, 0.1) is 6.92 Å². The highest BCUT2D eigenvalue weighted by atomic mass is 32.1. The first kappa shape index (κ1) is 15.1. The van der Waals surface area contributed by atoms with Crippen LogP contribution in [-0.2, 0) is 4.79 Å². The molecule has 0 saturated heterocycles. The molecule has 0 saturated carbocycles. The third kappa shape index (κ3) is 3.90. The second-order valence-corrected chi connectivity index (χ2v) is 5.98. The molecule has 0 spiro atoms. The van der Waals surface area contributed by atoms with Crippen molar-refractivity contribution in [2.45, 2.75) is 6.92 Å². The molecule has 0 unspecified atom stereocenters. The molecule has 0 atom stereocenters. The van der Waals surface area contributed by atoms with Crippen molar-refractivity contribution in [2.24, 2.45) is 0 Å². The summed E-state index contributed by atoms with van der Waals surface area (Å²) in [5, 5.41) is 3.38. The topological polar surface area (TPSA) is 54.9 Å². The van der Waals surface area contributed by atoms with Crippen LogP contribution in [-0.4, -0.2) is 15.9 Å². The zero-order valence-corrected chi connectivity index (χ0v) is 13.4. The van der Waals surface area contributed by atoms with Crippen molar-refractivity contribution in [2.75, 3.05) is 5.32 Å². The molecule has 0 fully saturated rings. The highest BCUT2D eigenvalue weighted by molar-refractivity contribution is 7.19. The van der Waals surface area contributed by atoms with Crippen molar-refractivity contribution < 1.29 is 4.79 Å². The van der Waals surface area contributed by atoms with Crippen LogP contribution in [0.4, 0.5) is 5.13 Å². The number of nitrogens with one attached hydrogen (secondary N) is 1. The number of nitrogens with zero attached hydrogens (tertiary/aromatic N) is 2. The summed E-state index contributed by atoms with van der Waals surface area (Å²) in [5.74, 6) is -0.201. The van der Waals surface area contributed by atoms with E-state index in [1.54, 1.807) is 24.7 Å². The van der Waals surface area contributed by atoms with E-state index in [1.807, 2.05) is 24.3 Å². The fourth-order valence-corrected chi connectivity index (χ4v) is 3.01. The third-order valence-corrected chi connectivity index (χ3v) is 4.23. The third-order valence-electron chi connectivity index (χ3n) is 3.28. The first-order valence-corrected chi connectivity index (χ1v) is 7.95. The van der Waals surface area contributed by atoms with Gasteiger partial charge in [0.2, 0.25) is 5.91 Å². The van der Waals surface area contributed by atoms with E-state index in [4.69, 9.17) is 0 Å². The zero-order chi connectivity index (χ0) is 16.1. The second kappa shape index (κ2) is 6.98. The standard InChI is InChI=1S/C18H15N3OS/c1-13-4-2-3-5-15(13)16-12-20-18(23-16)21-17(22)7-6-14-8-10-19-11-9-14/h2-12H,1H3,(H,20,21,22)/b7-6+. The Balaban J connectivity index is 1.68. The second-order valence-electron chi connectivity index (χ2n) is 4.95. The Morgan fingerprint density at radius 1 is 1.17 bits per heavy atom. The maximum atomic E-state index is 12.0. The summed E-state index contributed by atoms with van der Waals surface area (Å²) in [7, 11) is 0. The smallest absolute Gasteiger partial charge is 0.250 e. The first-order valence-electron chi connectivity index (χ1n) is 7.13. The summed E-state index contributed by atoms with van der Waals surface area (Å²) in [4.78, 5) is 21.2. The lowest BCUT2D eigenvalue weighted by atomic mass is 10.1. The predicted molar refractivity (Wildman–Crippen MR) is 94.2 cm³/mol. The number of aryl methyl sites for hydroxylation is 1. The largest absolute Gasteiger partial charge is 0.298 e. The van der Waals surface area contributed by atoms with Crippen LogP contribution in [0.25, 0.3) is 16.5 Å². The molecule has 1 N–H and O–H groups in total. The molecule has 23 heavy (non-hydrogen) atoms. The molecule has 114 valence electrons. The van der Waals surface area contributed by atoms with Gasteiger partial charge < -0.3 is 0 Å². The van der Waals surface area contributed by atoms with Crippen molar-refractivity contribution >= 4 is 28.5 Å². The van der Waals surface area contributed by atoms with Crippen LogP contribution in [0.2, 0.25) is 0 Å². The average molecular weight is 321 g/mol. The number of rotatable bonds is 4. The first-order chi connectivity index (χ1) is 11.2. The van der Waals surface area contributed by atoms with Crippen molar-refractivity contribution in [1.29, 1.82) is 0 Å². The van der Waals surface area contributed by atoms with Gasteiger partial charge in [-0.25, -0.2) is 4.98 Å². The van der Waals surface area contributed by atoms with Crippen molar-refractivity contribution in [3.05, 3.63) is 72.2 Å². The minimum atomic E-state index is -0.201. The highest BCUT2D eigenvalue weighted by Gasteiger charge is 2.07. The van der Waals surface area contributed by atoms with Crippen molar-refractivity contribution in [1.82, 2.24) is 9.97 Å². The number of aromatic nitrogens is 2. The van der Waals surface area contributed by atoms with E-state index in [0.29, 0.717) is 5.13 Å². The Hall–Kier alpha value is -2.79. The van der Waals surface area contributed by atoms with Gasteiger partial charge in [0.15, 0.2) is 5.13 Å². The number of hydrogen-bond acceptors (Lipinski definition) is 4. The van der Waals surface area contributed by atoms with Gasteiger partial charge in [0.05, 0.1) is 4.88 Å². The van der Waals surface area contributed by atoms with Crippen molar-refractivity contribution in [3.8, 4) is 10.4 Å². The van der Waals surface area contributed by atoms with Gasteiger partial charge in [0.1, 0.15) is 0 Å². The molecular weight excluding hydrogens is 306 g/mol. The molecule has 0 aliphatic rings. The van der Waals surface area contributed by atoms with E-state index in [0.717, 1.165) is 16.0 Å². The lowest BCUT2D eigenvalue weighted by Gasteiger charge is -2.00. The van der Waals surface area contributed by atoms with E-state index in [9.17, 15) is 4.79 Å². The Morgan fingerprint density at radius 2 is 1.96 bits per heavy atom. The Morgan fingerprint density at radius 3 is 2.74 bits per heavy atom. The van der Waals surface area contributed by atoms with Crippen LogP contribution in [0.15, 0.2) is 61.1 Å². The molecule has 5 heteroatoms. The van der Waals surface area contributed by atoms with E-state index in [-0.39, 0.29) is 5.91 Å². The van der Waals surface area contributed by atoms with Crippen LogP contribution >= 0.6 is 11.3 Å². The lowest BCUT2D eigenvalue weighted by Crippen LogP contribution is -2.06. The molecule has 3 rings (SSSR count). The molecule has 4 nitrogen and oxygen atoms in total. The number of carbonyl (C=O) groups excluding carboxylic acids is 1. The maximum absolute atomic E-state index is 12.0. The predicted octanol–water partition coefficient (Wildman–Crippen LogP) is 4.17. The van der Waals surface area contributed by atoms with Crippen molar-refractivity contribution in [3.63, 3.8) is 0 Å². The minimum absolute atomic E-state index is 0.201. The number of hydrogen-bond donors (Lipinski definition) is 1. The number of thiazole rings is 1. The minimum Gasteiger partial charge on any atom is -0.298 e. The quantitative estimate of drug-likeness (QED) is 0.734. The average Bonchev–Trinajstić information content (AvgIpc) is 3.02. The maximum Gasteiger partial charge on any atom is 0.250 e. The number of anilines is 1. The molecule has 2 heterocycles. The van der Waals surface area contributed by atoms with Crippen LogP contribution in [0.1, 0.15) is 11.1 Å². The van der Waals surface area contributed by atoms with Gasteiger partial charge in [0.25, 0.3) is 0 Å².